The molecule has 17 heavy (non-hydrogen) atoms. The minimum absolute atomic E-state index is 0. The molecule has 0 spiro atoms. The van der Waals surface area contributed by atoms with Gasteiger partial charge in [0, 0.05) is 18.0 Å². The van der Waals surface area contributed by atoms with E-state index >= 15 is 0 Å². The maximum atomic E-state index is 9.60. The fourth-order valence-corrected chi connectivity index (χ4v) is 0.241. The van der Waals surface area contributed by atoms with Gasteiger partial charge in [0.1, 0.15) is 0 Å². The number of aliphatic hydroxyl groups excluding tert-OH is 1. The molecule has 0 heterocycles. The molecule has 0 fully saturated rings. The van der Waals surface area contributed by atoms with Crippen LogP contribution in [0.2, 0.25) is 0 Å². The second kappa shape index (κ2) is 13.4. The maximum Gasteiger partial charge on any atom is 1.00 e. The molecule has 0 saturated carbocycles. The maximum absolute atomic E-state index is 9.60. The zero-order chi connectivity index (χ0) is 12.6. The van der Waals surface area contributed by atoms with Gasteiger partial charge in [-0.3, -0.25) is 0 Å². The van der Waals surface area contributed by atoms with E-state index in [4.69, 9.17) is 10.2 Å². The van der Waals surface area contributed by atoms with Crippen molar-refractivity contribution in [3.8, 4) is 0 Å². The molecule has 0 aliphatic heterocycles. The minimum Gasteiger partial charge on any atom is -0.550 e. The van der Waals surface area contributed by atoms with Crippen LogP contribution in [0.5, 0.6) is 0 Å². The molecular weight excluding hydrogens is 222 g/mol. The van der Waals surface area contributed by atoms with E-state index in [0.717, 1.165) is 0 Å². The largest absolute Gasteiger partial charge is 1.00 e. The van der Waals surface area contributed by atoms with Crippen LogP contribution in [0, 0.1) is 0 Å². The quantitative estimate of drug-likeness (QED) is 0.362. The molecule has 0 aliphatic carbocycles. The molecular formula is C8H10Li2O7. The van der Waals surface area contributed by atoms with E-state index in [-0.39, 0.29) is 43.3 Å². The van der Waals surface area contributed by atoms with Crippen LogP contribution in [-0.4, -0.2) is 34.2 Å². The Morgan fingerprint density at radius 1 is 1.24 bits per heavy atom. The summed E-state index contributed by atoms with van der Waals surface area (Å²) >= 11 is 0. The average molecular weight is 232 g/mol. The van der Waals surface area contributed by atoms with Crippen molar-refractivity contribution < 1.29 is 72.5 Å². The van der Waals surface area contributed by atoms with Crippen molar-refractivity contribution in [2.75, 3.05) is 0 Å². The first kappa shape index (κ1) is 25.2. The summed E-state index contributed by atoms with van der Waals surface area (Å²) in [5.41, 5.74) is 0.176. The molecule has 1 atom stereocenters. The van der Waals surface area contributed by atoms with Gasteiger partial charge in [0.25, 0.3) is 0 Å². The molecule has 0 saturated heterocycles. The third-order valence-electron chi connectivity index (χ3n) is 0.997. The van der Waals surface area contributed by atoms with E-state index < -0.39 is 30.4 Å². The van der Waals surface area contributed by atoms with Crippen LogP contribution < -0.4 is 47.9 Å². The molecule has 0 rings (SSSR count). The molecule has 0 radical (unpaired) electrons. The molecule has 0 aliphatic rings. The number of aliphatic carboxylic acids is 3. The first-order chi connectivity index (χ1) is 6.68. The van der Waals surface area contributed by atoms with E-state index in [0.29, 0.717) is 0 Å². The summed E-state index contributed by atoms with van der Waals surface area (Å²) in [6.07, 6.45) is -2.89. The van der Waals surface area contributed by atoms with Crippen molar-refractivity contribution in [1.29, 1.82) is 0 Å². The number of carbonyl (C=O) groups is 3. The molecule has 7 nitrogen and oxygen atoms in total. The van der Waals surface area contributed by atoms with Crippen molar-refractivity contribution in [3.05, 3.63) is 12.2 Å². The number of carbonyl (C=O) groups excluding carboxylic acids is 2. The third kappa shape index (κ3) is 21.2. The molecule has 0 aromatic carbocycles. The van der Waals surface area contributed by atoms with Crippen LogP contribution >= 0.6 is 0 Å². The van der Waals surface area contributed by atoms with Crippen LogP contribution in [-0.2, 0) is 14.4 Å². The molecule has 0 aromatic rings. The zero-order valence-corrected chi connectivity index (χ0v) is 9.93. The minimum atomic E-state index is -1.96. The standard InChI is InChI=1S/C4H6O5.C4H6O2.2Li/c5-2(4(8)9)1-3(6)7;1-3(2)4(5)6;;/h2,5H,1H2,(H,6,7)(H,8,9);1H2,2H3,(H,5,6);;/q;;2*+1/p-2. The van der Waals surface area contributed by atoms with Gasteiger partial charge in [0.15, 0.2) is 0 Å². The van der Waals surface area contributed by atoms with Gasteiger partial charge in [-0.2, -0.15) is 0 Å². The molecule has 86 valence electrons. The predicted octanol–water partition coefficient (Wildman–Crippen LogP) is -9.11. The summed E-state index contributed by atoms with van der Waals surface area (Å²) in [5.74, 6) is -4.36. The summed E-state index contributed by atoms with van der Waals surface area (Å²) in [7, 11) is 0. The van der Waals surface area contributed by atoms with E-state index in [9.17, 15) is 24.6 Å². The first-order valence-corrected chi connectivity index (χ1v) is 3.66. The molecule has 0 aromatic heterocycles. The third-order valence-corrected chi connectivity index (χ3v) is 0.997. The zero-order valence-electron chi connectivity index (χ0n) is 9.93. The van der Waals surface area contributed by atoms with Gasteiger partial charge in [-0.1, -0.05) is 6.58 Å². The monoisotopic (exact) mass is 232 g/mol. The van der Waals surface area contributed by atoms with Gasteiger partial charge in [0.2, 0.25) is 0 Å². The number of aliphatic hydroxyl groups is 1. The Hall–Kier alpha value is -0.695. The van der Waals surface area contributed by atoms with E-state index in [2.05, 4.69) is 6.58 Å². The van der Waals surface area contributed by atoms with Crippen molar-refractivity contribution in [1.82, 2.24) is 0 Å². The Bertz CT molecular complexity index is 265. The summed E-state index contributed by atoms with van der Waals surface area (Å²) in [6, 6.07) is 0. The second-order valence-electron chi connectivity index (χ2n) is 2.50. The molecule has 1 unspecified atom stereocenters. The summed E-state index contributed by atoms with van der Waals surface area (Å²) in [5, 5.41) is 35.2. The topological polar surface area (TPSA) is 138 Å². The van der Waals surface area contributed by atoms with Crippen LogP contribution in [0.15, 0.2) is 12.2 Å². The molecule has 0 amide bonds. The molecule has 0 bridgehead atoms. The van der Waals surface area contributed by atoms with Crippen LogP contribution in [0.25, 0.3) is 0 Å². The van der Waals surface area contributed by atoms with Crippen LogP contribution in [0.3, 0.4) is 0 Å². The van der Waals surface area contributed by atoms with Crippen molar-refractivity contribution >= 4 is 17.9 Å². The Morgan fingerprint density at radius 2 is 1.53 bits per heavy atom. The number of hydrogen-bond donors (Lipinski definition) is 2. The average Bonchev–Trinajstić information content (AvgIpc) is 2.03. The van der Waals surface area contributed by atoms with Gasteiger partial charge in [-0.15, -0.1) is 0 Å². The van der Waals surface area contributed by atoms with Crippen LogP contribution in [0.1, 0.15) is 13.3 Å². The van der Waals surface area contributed by atoms with E-state index in [1.54, 1.807) is 0 Å². The van der Waals surface area contributed by atoms with Gasteiger partial charge < -0.3 is 30.0 Å². The Kier molecular flexibility index (Phi) is 19.8. The number of carboxylic acids is 3. The smallest absolute Gasteiger partial charge is 0.550 e. The predicted molar refractivity (Wildman–Crippen MR) is 43.1 cm³/mol. The Morgan fingerprint density at radius 3 is 1.59 bits per heavy atom. The van der Waals surface area contributed by atoms with Crippen LogP contribution in [0.4, 0.5) is 0 Å². The normalized spacial score (nSPS) is 9.29. The second-order valence-corrected chi connectivity index (χ2v) is 2.50. The molecule has 9 heteroatoms. The Labute approximate surface area is 122 Å². The van der Waals surface area contributed by atoms with Gasteiger partial charge in [-0.05, 0) is 6.92 Å². The van der Waals surface area contributed by atoms with Gasteiger partial charge in [-0.25, -0.2) is 4.79 Å². The summed E-state index contributed by atoms with van der Waals surface area (Å²) in [4.78, 5) is 28.7. The summed E-state index contributed by atoms with van der Waals surface area (Å²) in [6.45, 7) is 4.60. The fraction of sp³-hybridized carbons (Fsp3) is 0.375. The Balaban J connectivity index is -0.0000000945. The SMILES string of the molecule is C=C(C)C(=O)O.O=C([O-])CC(O)C(=O)[O-].[Li+].[Li+]. The first-order valence-electron chi connectivity index (χ1n) is 3.66. The number of carboxylic acid groups (broad SMARTS) is 3. The van der Waals surface area contributed by atoms with Crippen molar-refractivity contribution in [3.63, 3.8) is 0 Å². The van der Waals surface area contributed by atoms with Crippen molar-refractivity contribution in [2.45, 2.75) is 19.4 Å². The number of rotatable bonds is 4. The van der Waals surface area contributed by atoms with E-state index in [1.807, 2.05) is 0 Å². The number of hydrogen-bond acceptors (Lipinski definition) is 6. The fourth-order valence-electron chi connectivity index (χ4n) is 0.241. The van der Waals surface area contributed by atoms with Gasteiger partial charge in [0.05, 0.1) is 12.1 Å². The summed E-state index contributed by atoms with van der Waals surface area (Å²) < 4.78 is 0. The molecule has 2 N–H and O–H groups in total. The van der Waals surface area contributed by atoms with E-state index in [1.165, 1.54) is 6.92 Å². The van der Waals surface area contributed by atoms with Crippen molar-refractivity contribution in [2.24, 2.45) is 0 Å². The van der Waals surface area contributed by atoms with Gasteiger partial charge >= 0.3 is 43.7 Å².